The second-order valence-corrected chi connectivity index (χ2v) is 7.97. The SMILES string of the molecule is Cc1cc(Br)c(C(Br)C2(C)CCCC2)cc1Br. The molecule has 1 atom stereocenters. The van der Waals surface area contributed by atoms with E-state index in [0.717, 1.165) is 0 Å². The predicted molar refractivity (Wildman–Crippen MR) is 84.8 cm³/mol. The third-order valence-electron chi connectivity index (χ3n) is 3.91. The zero-order valence-electron chi connectivity index (χ0n) is 10.2. The Hall–Kier alpha value is 0.660. The van der Waals surface area contributed by atoms with Gasteiger partial charge in [0, 0.05) is 13.8 Å². The molecule has 0 saturated heterocycles. The van der Waals surface area contributed by atoms with Crippen LogP contribution in [0.5, 0.6) is 0 Å². The number of halogens is 3. The van der Waals surface area contributed by atoms with E-state index in [0.29, 0.717) is 10.2 Å². The van der Waals surface area contributed by atoms with Crippen LogP contribution >= 0.6 is 47.8 Å². The molecule has 17 heavy (non-hydrogen) atoms. The van der Waals surface area contributed by atoms with Crippen LogP contribution in [0.15, 0.2) is 21.1 Å². The molecule has 0 radical (unpaired) electrons. The minimum atomic E-state index is 0.400. The van der Waals surface area contributed by atoms with Crippen LogP contribution in [0.2, 0.25) is 0 Å². The lowest BCUT2D eigenvalue weighted by molar-refractivity contribution is 0.331. The maximum absolute atomic E-state index is 3.93. The van der Waals surface area contributed by atoms with Gasteiger partial charge in [-0.1, -0.05) is 67.6 Å². The normalized spacial score (nSPS) is 20.5. The Bertz CT molecular complexity index is 420. The second-order valence-electron chi connectivity index (χ2n) is 5.35. The van der Waals surface area contributed by atoms with Crippen LogP contribution in [0.1, 0.15) is 48.6 Å². The zero-order valence-corrected chi connectivity index (χ0v) is 15.0. The van der Waals surface area contributed by atoms with Gasteiger partial charge in [-0.25, -0.2) is 0 Å². The Morgan fingerprint density at radius 3 is 2.29 bits per heavy atom. The van der Waals surface area contributed by atoms with Gasteiger partial charge in [0.1, 0.15) is 0 Å². The van der Waals surface area contributed by atoms with Crippen molar-refractivity contribution in [2.75, 3.05) is 0 Å². The maximum atomic E-state index is 3.93. The minimum absolute atomic E-state index is 0.400. The molecular weight excluding hydrogens is 408 g/mol. The van der Waals surface area contributed by atoms with Gasteiger partial charge < -0.3 is 0 Å². The average molecular weight is 425 g/mol. The Morgan fingerprint density at radius 1 is 1.12 bits per heavy atom. The molecule has 0 aromatic heterocycles. The molecule has 1 fully saturated rings. The third-order valence-corrected chi connectivity index (χ3v) is 7.05. The summed E-state index contributed by atoms with van der Waals surface area (Å²) >= 11 is 11.3. The number of benzene rings is 1. The van der Waals surface area contributed by atoms with E-state index in [4.69, 9.17) is 0 Å². The molecule has 3 heteroatoms. The van der Waals surface area contributed by atoms with E-state index in [1.165, 1.54) is 45.8 Å². The first-order valence-corrected chi connectivity index (χ1v) is 8.54. The fraction of sp³-hybridized carbons (Fsp3) is 0.571. The summed E-state index contributed by atoms with van der Waals surface area (Å²) in [5, 5.41) is 0. The Kier molecular flexibility index (Phi) is 4.42. The fourth-order valence-corrected chi connectivity index (χ4v) is 4.86. The van der Waals surface area contributed by atoms with Gasteiger partial charge in [0.2, 0.25) is 0 Å². The molecule has 0 aliphatic heterocycles. The average Bonchev–Trinajstić information content (AvgIpc) is 2.71. The molecule has 1 aliphatic carbocycles. The topological polar surface area (TPSA) is 0 Å². The van der Waals surface area contributed by atoms with Crippen LogP contribution in [0.3, 0.4) is 0 Å². The van der Waals surface area contributed by atoms with E-state index >= 15 is 0 Å². The van der Waals surface area contributed by atoms with E-state index in [9.17, 15) is 0 Å². The van der Waals surface area contributed by atoms with Gasteiger partial charge in [-0.15, -0.1) is 0 Å². The first-order chi connectivity index (χ1) is 7.94. The Balaban J connectivity index is 2.36. The highest BCUT2D eigenvalue weighted by Crippen LogP contribution is 2.53. The summed E-state index contributed by atoms with van der Waals surface area (Å²) in [6, 6.07) is 4.45. The first kappa shape index (κ1) is 14.1. The van der Waals surface area contributed by atoms with Crippen molar-refractivity contribution in [1.29, 1.82) is 0 Å². The van der Waals surface area contributed by atoms with Crippen molar-refractivity contribution < 1.29 is 0 Å². The first-order valence-electron chi connectivity index (χ1n) is 6.04. The number of hydrogen-bond donors (Lipinski definition) is 0. The van der Waals surface area contributed by atoms with E-state index in [2.05, 4.69) is 73.8 Å². The van der Waals surface area contributed by atoms with Crippen LogP contribution in [0, 0.1) is 12.3 Å². The molecule has 1 aromatic rings. The Labute approximate surface area is 129 Å². The summed E-state index contributed by atoms with van der Waals surface area (Å²) in [7, 11) is 0. The number of alkyl halides is 1. The van der Waals surface area contributed by atoms with Crippen LogP contribution < -0.4 is 0 Å². The standard InChI is InChI=1S/C14H17Br3/c1-9-7-12(16)10(8-11(9)15)13(17)14(2)5-3-4-6-14/h7-8,13H,3-6H2,1-2H3. The highest BCUT2D eigenvalue weighted by atomic mass is 79.9. The second kappa shape index (κ2) is 5.34. The predicted octanol–water partition coefficient (Wildman–Crippen LogP) is 6.54. The highest BCUT2D eigenvalue weighted by Gasteiger charge is 2.37. The molecule has 1 aliphatic rings. The number of hydrogen-bond acceptors (Lipinski definition) is 0. The molecule has 2 rings (SSSR count). The lowest BCUT2D eigenvalue weighted by Crippen LogP contribution is -2.18. The van der Waals surface area contributed by atoms with Crippen LogP contribution in [-0.4, -0.2) is 0 Å². The van der Waals surface area contributed by atoms with Crippen molar-refractivity contribution in [3.63, 3.8) is 0 Å². The van der Waals surface area contributed by atoms with Crippen molar-refractivity contribution in [3.05, 3.63) is 32.2 Å². The summed E-state index contributed by atoms with van der Waals surface area (Å²) in [4.78, 5) is 0.434. The van der Waals surface area contributed by atoms with Gasteiger partial charge in [0.05, 0.1) is 0 Å². The van der Waals surface area contributed by atoms with Crippen molar-refractivity contribution in [3.8, 4) is 0 Å². The highest BCUT2D eigenvalue weighted by molar-refractivity contribution is 9.11. The van der Waals surface area contributed by atoms with Crippen molar-refractivity contribution in [2.45, 2.75) is 44.4 Å². The fourth-order valence-electron chi connectivity index (χ4n) is 2.67. The summed E-state index contributed by atoms with van der Waals surface area (Å²) < 4.78 is 2.41. The van der Waals surface area contributed by atoms with Gasteiger partial charge in [-0.05, 0) is 48.4 Å². The zero-order chi connectivity index (χ0) is 12.6. The van der Waals surface area contributed by atoms with Crippen molar-refractivity contribution >= 4 is 47.8 Å². The lowest BCUT2D eigenvalue weighted by Gasteiger charge is -2.31. The molecule has 0 amide bonds. The van der Waals surface area contributed by atoms with Crippen molar-refractivity contribution in [1.82, 2.24) is 0 Å². The molecule has 0 bridgehead atoms. The number of rotatable bonds is 2. The summed E-state index contributed by atoms with van der Waals surface area (Å²) in [6.45, 7) is 4.53. The molecule has 0 spiro atoms. The monoisotopic (exact) mass is 422 g/mol. The molecular formula is C14H17Br3. The molecule has 1 aromatic carbocycles. The molecule has 0 N–H and O–H groups in total. The third kappa shape index (κ3) is 2.82. The molecule has 1 unspecified atom stereocenters. The van der Waals surface area contributed by atoms with Gasteiger partial charge in [-0.3, -0.25) is 0 Å². The van der Waals surface area contributed by atoms with E-state index in [-0.39, 0.29) is 0 Å². The Morgan fingerprint density at radius 2 is 1.71 bits per heavy atom. The molecule has 0 heterocycles. The van der Waals surface area contributed by atoms with E-state index in [1.54, 1.807) is 0 Å². The minimum Gasteiger partial charge on any atom is -0.0832 e. The molecule has 1 saturated carbocycles. The van der Waals surface area contributed by atoms with Gasteiger partial charge >= 0.3 is 0 Å². The van der Waals surface area contributed by atoms with Gasteiger partial charge in [0.15, 0.2) is 0 Å². The van der Waals surface area contributed by atoms with Gasteiger partial charge in [0.25, 0.3) is 0 Å². The molecule has 94 valence electrons. The van der Waals surface area contributed by atoms with E-state index in [1.807, 2.05) is 0 Å². The summed E-state index contributed by atoms with van der Waals surface area (Å²) in [6.07, 6.45) is 5.37. The smallest absolute Gasteiger partial charge is 0.0460 e. The lowest BCUT2D eigenvalue weighted by atomic mass is 9.82. The maximum Gasteiger partial charge on any atom is 0.0460 e. The number of aryl methyl sites for hydroxylation is 1. The largest absolute Gasteiger partial charge is 0.0832 e. The van der Waals surface area contributed by atoms with Crippen LogP contribution in [0.4, 0.5) is 0 Å². The van der Waals surface area contributed by atoms with Crippen LogP contribution in [0.25, 0.3) is 0 Å². The van der Waals surface area contributed by atoms with Gasteiger partial charge in [-0.2, -0.15) is 0 Å². The summed E-state index contributed by atoms with van der Waals surface area (Å²) in [5.41, 5.74) is 3.04. The quantitative estimate of drug-likeness (QED) is 0.473. The van der Waals surface area contributed by atoms with Crippen molar-refractivity contribution in [2.24, 2.45) is 5.41 Å². The van der Waals surface area contributed by atoms with Crippen LogP contribution in [-0.2, 0) is 0 Å². The summed E-state index contributed by atoms with van der Waals surface area (Å²) in [5.74, 6) is 0. The molecule has 0 nitrogen and oxygen atoms in total. The van der Waals surface area contributed by atoms with E-state index < -0.39 is 0 Å².